The zero-order chi connectivity index (χ0) is 25.7. The molecule has 0 N–H and O–H groups in total. The Balaban J connectivity index is 1.76. The van der Waals surface area contributed by atoms with Gasteiger partial charge in [-0.05, 0) is 0 Å². The molecule has 0 unspecified atom stereocenters. The predicted octanol–water partition coefficient (Wildman–Crippen LogP) is 8.33. The standard InChI is InChI=1S/C19H14NO3.3C4H9.Sn/c1-20(2)13-8-7-12-9-18(23-17(12)10-13)19-11-15(21)14-5-3-4-6-16(14)22-19;3*1-3-4-2;/h4-11H,1-2H3;3*1,3-4H2,2H3;. The molecule has 0 amide bonds. The second kappa shape index (κ2) is 11.9. The molecule has 0 bridgehead atoms. The van der Waals surface area contributed by atoms with Gasteiger partial charge < -0.3 is 0 Å². The average Bonchev–Trinajstić information content (AvgIpc) is 3.32. The van der Waals surface area contributed by atoms with Crippen molar-refractivity contribution in [3.05, 3.63) is 58.8 Å². The maximum atomic E-state index is 13.4. The van der Waals surface area contributed by atoms with E-state index in [9.17, 15) is 4.79 Å². The maximum absolute atomic E-state index is 13.4. The topological polar surface area (TPSA) is 46.6 Å². The SMILES string of the molecule is CCC[CH2][Sn]([CH2]CCC)([CH2]CCC)[c]1ccc2oc(-c3cc4ccc(N(C)C)cc4o3)cc(=O)c2c1. The third kappa shape index (κ3) is 5.69. The number of hydrogen-bond donors (Lipinski definition) is 0. The zero-order valence-electron chi connectivity index (χ0n) is 22.7. The molecule has 2 aromatic heterocycles. The molecule has 0 aliphatic rings. The summed E-state index contributed by atoms with van der Waals surface area (Å²) in [4.78, 5) is 15.4. The molecule has 2 aromatic carbocycles. The second-order valence-corrected chi connectivity index (χ2v) is 23.7. The van der Waals surface area contributed by atoms with Crippen molar-refractivity contribution in [3.8, 4) is 11.5 Å². The number of unbranched alkanes of at least 4 members (excludes halogenated alkanes) is 3. The Morgan fingerprint density at radius 1 is 0.722 bits per heavy atom. The first kappa shape index (κ1) is 26.8. The Morgan fingerprint density at radius 2 is 1.33 bits per heavy atom. The summed E-state index contributed by atoms with van der Waals surface area (Å²) in [5, 5.41) is 1.71. The molecule has 0 saturated heterocycles. The van der Waals surface area contributed by atoms with E-state index in [4.69, 9.17) is 8.83 Å². The summed E-state index contributed by atoms with van der Waals surface area (Å²) in [6, 6.07) is 16.2. The fourth-order valence-corrected chi connectivity index (χ4v) is 21.3. The van der Waals surface area contributed by atoms with Gasteiger partial charge in [-0.25, -0.2) is 0 Å². The van der Waals surface area contributed by atoms with Crippen molar-refractivity contribution in [3.63, 3.8) is 0 Å². The van der Waals surface area contributed by atoms with Crippen LogP contribution >= 0.6 is 0 Å². The van der Waals surface area contributed by atoms with Gasteiger partial charge in [-0.3, -0.25) is 0 Å². The average molecular weight is 594 g/mol. The van der Waals surface area contributed by atoms with Crippen LogP contribution in [0.4, 0.5) is 5.69 Å². The zero-order valence-corrected chi connectivity index (χ0v) is 25.5. The fourth-order valence-electron chi connectivity index (χ4n) is 5.38. The van der Waals surface area contributed by atoms with Gasteiger partial charge in [0.15, 0.2) is 0 Å². The Hall–Kier alpha value is -2.21. The minimum atomic E-state index is -2.62. The van der Waals surface area contributed by atoms with Crippen molar-refractivity contribution < 1.29 is 8.83 Å². The number of hydrogen-bond acceptors (Lipinski definition) is 4. The van der Waals surface area contributed by atoms with Crippen LogP contribution in [0, 0.1) is 0 Å². The molecule has 192 valence electrons. The number of anilines is 1. The summed E-state index contributed by atoms with van der Waals surface area (Å²) >= 11 is -2.62. The van der Waals surface area contributed by atoms with E-state index in [0.29, 0.717) is 22.5 Å². The van der Waals surface area contributed by atoms with Gasteiger partial charge in [-0.2, -0.15) is 0 Å². The summed E-state index contributed by atoms with van der Waals surface area (Å²) < 4.78 is 18.0. The van der Waals surface area contributed by atoms with Crippen molar-refractivity contribution in [2.75, 3.05) is 19.0 Å². The molecular weight excluding hydrogens is 553 g/mol. The van der Waals surface area contributed by atoms with E-state index in [1.54, 1.807) is 6.07 Å². The number of furan rings is 1. The number of fused-ring (bicyclic) bond motifs is 2. The first-order valence-corrected chi connectivity index (χ1v) is 21.2. The van der Waals surface area contributed by atoms with Crippen molar-refractivity contribution >= 4 is 49.6 Å². The van der Waals surface area contributed by atoms with E-state index in [0.717, 1.165) is 16.7 Å². The molecule has 0 spiro atoms. The molecule has 2 heterocycles. The van der Waals surface area contributed by atoms with Crippen molar-refractivity contribution in [2.24, 2.45) is 0 Å². The Kier molecular flexibility index (Phi) is 8.86. The van der Waals surface area contributed by atoms with Gasteiger partial charge >= 0.3 is 206 Å². The van der Waals surface area contributed by atoms with E-state index in [2.05, 4.69) is 45.0 Å². The normalized spacial score (nSPS) is 12.0. The van der Waals surface area contributed by atoms with Crippen LogP contribution in [0.5, 0.6) is 0 Å². The van der Waals surface area contributed by atoms with Gasteiger partial charge in [0.25, 0.3) is 0 Å². The summed E-state index contributed by atoms with van der Waals surface area (Å²) in [7, 11) is 4.01. The molecule has 0 saturated carbocycles. The van der Waals surface area contributed by atoms with Crippen LogP contribution in [0.3, 0.4) is 0 Å². The molecule has 4 aromatic rings. The van der Waals surface area contributed by atoms with Crippen LogP contribution in [-0.4, -0.2) is 32.5 Å². The molecule has 5 heteroatoms. The summed E-state index contributed by atoms with van der Waals surface area (Å²) in [5.74, 6) is 1.08. The quantitative estimate of drug-likeness (QED) is 0.155. The van der Waals surface area contributed by atoms with Crippen molar-refractivity contribution in [1.29, 1.82) is 0 Å². The van der Waals surface area contributed by atoms with Crippen molar-refractivity contribution in [2.45, 2.75) is 72.6 Å². The number of rotatable bonds is 12. The van der Waals surface area contributed by atoms with Crippen LogP contribution in [0.25, 0.3) is 33.5 Å². The van der Waals surface area contributed by atoms with Crippen LogP contribution in [0.15, 0.2) is 62.2 Å². The molecule has 0 aliphatic carbocycles. The predicted molar refractivity (Wildman–Crippen MR) is 157 cm³/mol. The van der Waals surface area contributed by atoms with Crippen LogP contribution in [-0.2, 0) is 0 Å². The minimum absolute atomic E-state index is 0.0178. The molecular formula is C31H41NO3Sn. The van der Waals surface area contributed by atoms with Gasteiger partial charge in [0.05, 0.1) is 0 Å². The third-order valence-corrected chi connectivity index (χ3v) is 23.2. The number of nitrogens with zero attached hydrogens (tertiary/aromatic N) is 1. The molecule has 4 rings (SSSR count). The molecule has 0 radical (unpaired) electrons. The van der Waals surface area contributed by atoms with Crippen LogP contribution in [0.1, 0.15) is 59.3 Å². The molecule has 4 nitrogen and oxygen atoms in total. The third-order valence-electron chi connectivity index (χ3n) is 7.63. The van der Waals surface area contributed by atoms with Crippen LogP contribution in [0.2, 0.25) is 13.3 Å². The van der Waals surface area contributed by atoms with E-state index in [1.807, 2.05) is 37.2 Å². The summed E-state index contributed by atoms with van der Waals surface area (Å²) in [6.07, 6.45) is 7.63. The van der Waals surface area contributed by atoms with Gasteiger partial charge in [-0.15, -0.1) is 0 Å². The molecule has 0 aliphatic heterocycles. The Bertz CT molecular complexity index is 1350. The Labute approximate surface area is 219 Å². The van der Waals surface area contributed by atoms with Gasteiger partial charge in [-0.1, -0.05) is 0 Å². The fraction of sp³-hybridized carbons (Fsp3) is 0.452. The first-order valence-electron chi connectivity index (χ1n) is 13.7. The molecule has 0 fully saturated rings. The van der Waals surface area contributed by atoms with E-state index in [1.165, 1.54) is 55.4 Å². The molecule has 36 heavy (non-hydrogen) atoms. The van der Waals surface area contributed by atoms with Crippen LogP contribution < -0.4 is 13.9 Å². The Morgan fingerprint density at radius 3 is 1.94 bits per heavy atom. The summed E-state index contributed by atoms with van der Waals surface area (Å²) in [6.45, 7) is 6.89. The van der Waals surface area contributed by atoms with E-state index < -0.39 is 18.4 Å². The van der Waals surface area contributed by atoms with E-state index >= 15 is 0 Å². The first-order chi connectivity index (χ1) is 17.4. The number of benzene rings is 2. The van der Waals surface area contributed by atoms with Crippen molar-refractivity contribution in [1.82, 2.24) is 0 Å². The molecule has 0 atom stereocenters. The monoisotopic (exact) mass is 595 g/mol. The van der Waals surface area contributed by atoms with Gasteiger partial charge in [0.1, 0.15) is 0 Å². The van der Waals surface area contributed by atoms with E-state index in [-0.39, 0.29) is 5.43 Å². The van der Waals surface area contributed by atoms with Gasteiger partial charge in [0.2, 0.25) is 0 Å². The second-order valence-electron chi connectivity index (χ2n) is 10.5. The summed E-state index contributed by atoms with van der Waals surface area (Å²) in [5.41, 5.74) is 2.53. The van der Waals surface area contributed by atoms with Gasteiger partial charge in [0, 0.05) is 14.1 Å².